The zero-order valence-corrected chi connectivity index (χ0v) is 31.1. The normalized spacial score (nSPS) is 12.1. The Morgan fingerprint density at radius 3 is 0.914 bits per heavy atom. The van der Waals surface area contributed by atoms with Gasteiger partial charge in [0, 0.05) is 65.2 Å². The molecular weight excluding hydrogens is 709 g/mol. The minimum atomic E-state index is 0.897. The van der Waals surface area contributed by atoms with Gasteiger partial charge in [-0.2, -0.15) is 0 Å². The summed E-state index contributed by atoms with van der Waals surface area (Å²) in [7, 11) is 0. The molecule has 0 saturated carbocycles. The van der Waals surface area contributed by atoms with Crippen molar-refractivity contribution in [2.45, 2.75) is 0 Å². The molecule has 0 saturated heterocycles. The lowest BCUT2D eigenvalue weighted by atomic mass is 9.98. The molecule has 4 heterocycles. The number of hydrogen-bond acceptors (Lipinski definition) is 2. The van der Waals surface area contributed by atoms with E-state index in [1.807, 2.05) is 0 Å². The first kappa shape index (κ1) is 31.4. The van der Waals surface area contributed by atoms with Gasteiger partial charge in [-0.25, -0.2) is 0 Å². The summed E-state index contributed by atoms with van der Waals surface area (Å²) in [5, 5.41) is 9.32. The number of hydrogen-bond donors (Lipinski definition) is 2. The maximum absolute atomic E-state index is 6.29. The van der Waals surface area contributed by atoms with E-state index in [-0.39, 0.29) is 0 Å². The fourth-order valence-electron chi connectivity index (χ4n) is 9.19. The smallest absolute Gasteiger partial charge is 0.135 e. The van der Waals surface area contributed by atoms with Crippen LogP contribution in [0.3, 0.4) is 0 Å². The van der Waals surface area contributed by atoms with Gasteiger partial charge in [0.25, 0.3) is 0 Å². The zero-order chi connectivity index (χ0) is 37.9. The highest BCUT2D eigenvalue weighted by atomic mass is 16.3. The summed E-state index contributed by atoms with van der Waals surface area (Å²) in [5.74, 6) is 0. The van der Waals surface area contributed by atoms with Gasteiger partial charge in [0.05, 0.1) is 0 Å². The molecular formula is C54H32N2O2. The molecule has 2 N–H and O–H groups in total. The number of aromatic nitrogens is 2. The van der Waals surface area contributed by atoms with Crippen molar-refractivity contribution in [3.8, 4) is 44.5 Å². The van der Waals surface area contributed by atoms with Crippen LogP contribution in [0, 0.1) is 0 Å². The summed E-state index contributed by atoms with van der Waals surface area (Å²) >= 11 is 0. The van der Waals surface area contributed by atoms with Crippen LogP contribution in [0.4, 0.5) is 0 Å². The summed E-state index contributed by atoms with van der Waals surface area (Å²) < 4.78 is 12.6. The molecule has 13 rings (SSSR count). The number of furan rings is 2. The molecule has 13 aromatic rings. The topological polar surface area (TPSA) is 57.9 Å². The average molecular weight is 741 g/mol. The lowest BCUT2D eigenvalue weighted by molar-refractivity contribution is 0.668. The third kappa shape index (κ3) is 4.76. The van der Waals surface area contributed by atoms with Crippen LogP contribution in [0.15, 0.2) is 191 Å². The molecule has 0 atom stereocenters. The van der Waals surface area contributed by atoms with Crippen molar-refractivity contribution in [1.82, 2.24) is 9.97 Å². The minimum absolute atomic E-state index is 0.897. The van der Waals surface area contributed by atoms with Crippen LogP contribution in [-0.2, 0) is 0 Å². The van der Waals surface area contributed by atoms with Crippen molar-refractivity contribution in [3.05, 3.63) is 182 Å². The maximum atomic E-state index is 6.29. The Morgan fingerprint density at radius 2 is 0.534 bits per heavy atom. The lowest BCUT2D eigenvalue weighted by Gasteiger charge is -2.04. The highest BCUT2D eigenvalue weighted by Crippen LogP contribution is 2.40. The van der Waals surface area contributed by atoms with Crippen LogP contribution in [-0.4, -0.2) is 9.97 Å². The zero-order valence-electron chi connectivity index (χ0n) is 31.1. The monoisotopic (exact) mass is 740 g/mol. The van der Waals surface area contributed by atoms with Crippen molar-refractivity contribution < 1.29 is 8.83 Å². The van der Waals surface area contributed by atoms with E-state index in [0.29, 0.717) is 0 Å². The fourth-order valence-corrected chi connectivity index (χ4v) is 9.19. The van der Waals surface area contributed by atoms with Crippen molar-refractivity contribution in [2.24, 2.45) is 0 Å². The molecule has 58 heavy (non-hydrogen) atoms. The first-order valence-electron chi connectivity index (χ1n) is 19.7. The van der Waals surface area contributed by atoms with E-state index in [2.05, 4.69) is 192 Å². The third-order valence-electron chi connectivity index (χ3n) is 12.1. The second kappa shape index (κ2) is 11.8. The van der Waals surface area contributed by atoms with Crippen LogP contribution in [0.5, 0.6) is 0 Å². The largest absolute Gasteiger partial charge is 0.456 e. The van der Waals surface area contributed by atoms with Gasteiger partial charge in [0.1, 0.15) is 22.3 Å². The van der Waals surface area contributed by atoms with E-state index in [9.17, 15) is 0 Å². The predicted molar refractivity (Wildman–Crippen MR) is 241 cm³/mol. The number of rotatable bonds is 4. The van der Waals surface area contributed by atoms with Gasteiger partial charge in [-0.15, -0.1) is 0 Å². The van der Waals surface area contributed by atoms with Crippen molar-refractivity contribution in [2.75, 3.05) is 0 Å². The Balaban J connectivity index is 0.912. The standard InChI is InChI=1S/C54H32N2O2/c1-3-7-31(8-4-1)33-13-19-51-43(25-33)45-27-37(15-21-53(45)57-51)35-11-17-47-39(23-35)41-29-42-40-24-36(12-18-48(40)56-50(42)30-49(41)55-47)38-16-22-54-46(28-38)44-26-34(14-20-52(44)58-54)32-9-5-2-6-10-32/h1-30,55-56H. The molecule has 0 bridgehead atoms. The molecule has 270 valence electrons. The van der Waals surface area contributed by atoms with Gasteiger partial charge < -0.3 is 18.8 Å². The van der Waals surface area contributed by atoms with Crippen molar-refractivity contribution >= 4 is 87.5 Å². The van der Waals surface area contributed by atoms with Gasteiger partial charge in [0.2, 0.25) is 0 Å². The quantitative estimate of drug-likeness (QED) is 0.189. The molecule has 4 heteroatoms. The van der Waals surface area contributed by atoms with E-state index in [1.165, 1.54) is 54.9 Å². The highest BCUT2D eigenvalue weighted by Gasteiger charge is 2.16. The molecule has 0 radical (unpaired) electrons. The Labute approximate surface area is 331 Å². The number of fused-ring (bicyclic) bond motifs is 12. The minimum Gasteiger partial charge on any atom is -0.456 e. The van der Waals surface area contributed by atoms with Gasteiger partial charge in [-0.3, -0.25) is 0 Å². The van der Waals surface area contributed by atoms with Crippen LogP contribution in [0.1, 0.15) is 0 Å². The first-order valence-corrected chi connectivity index (χ1v) is 19.7. The van der Waals surface area contributed by atoms with Gasteiger partial charge in [-0.1, -0.05) is 97.1 Å². The number of aromatic amines is 2. The SMILES string of the molecule is c1ccc(-c2ccc3oc4ccc(-c5ccc6[nH]c7cc8[nH]c9ccc(-c%10ccc%11oc%12ccc(-c%13ccccc%13)cc%12c%11c%10)cc9c8cc7c6c5)cc4c3c2)cc1. The van der Waals surface area contributed by atoms with E-state index in [0.717, 1.165) is 77.1 Å². The maximum Gasteiger partial charge on any atom is 0.135 e. The lowest BCUT2D eigenvalue weighted by Crippen LogP contribution is -1.79. The summed E-state index contributed by atoms with van der Waals surface area (Å²) in [4.78, 5) is 7.40. The summed E-state index contributed by atoms with van der Waals surface area (Å²) in [6.45, 7) is 0. The van der Waals surface area contributed by atoms with E-state index >= 15 is 0 Å². The summed E-state index contributed by atoms with van der Waals surface area (Å²) in [6, 6.07) is 65.2. The molecule has 0 aliphatic rings. The average Bonchev–Trinajstić information content (AvgIpc) is 4.04. The molecule has 4 nitrogen and oxygen atoms in total. The van der Waals surface area contributed by atoms with Crippen LogP contribution in [0.25, 0.3) is 132 Å². The molecule has 0 amide bonds. The molecule has 0 aliphatic heterocycles. The molecule has 0 unspecified atom stereocenters. The Morgan fingerprint density at radius 1 is 0.224 bits per heavy atom. The van der Waals surface area contributed by atoms with E-state index in [1.54, 1.807) is 0 Å². The summed E-state index contributed by atoms with van der Waals surface area (Å²) in [6.07, 6.45) is 0. The first-order chi connectivity index (χ1) is 28.7. The molecule has 9 aromatic carbocycles. The second-order valence-corrected chi connectivity index (χ2v) is 15.5. The van der Waals surface area contributed by atoms with E-state index in [4.69, 9.17) is 8.83 Å². The van der Waals surface area contributed by atoms with Crippen molar-refractivity contribution in [1.29, 1.82) is 0 Å². The molecule has 0 aliphatic carbocycles. The van der Waals surface area contributed by atoms with Gasteiger partial charge in [0.15, 0.2) is 0 Å². The molecule has 4 aromatic heterocycles. The second-order valence-electron chi connectivity index (χ2n) is 15.5. The van der Waals surface area contributed by atoms with Crippen molar-refractivity contribution in [3.63, 3.8) is 0 Å². The number of benzene rings is 9. The Bertz CT molecular complexity index is 3540. The van der Waals surface area contributed by atoms with Crippen LogP contribution >= 0.6 is 0 Å². The number of H-pyrrole nitrogens is 2. The molecule has 0 spiro atoms. The van der Waals surface area contributed by atoms with Crippen LogP contribution < -0.4 is 0 Å². The predicted octanol–water partition coefficient (Wildman–Crippen LogP) is 15.4. The van der Waals surface area contributed by atoms with Gasteiger partial charge >= 0.3 is 0 Å². The fraction of sp³-hybridized carbons (Fsp3) is 0. The van der Waals surface area contributed by atoms with Crippen LogP contribution in [0.2, 0.25) is 0 Å². The van der Waals surface area contributed by atoms with E-state index < -0.39 is 0 Å². The summed E-state index contributed by atoms with van der Waals surface area (Å²) in [5.41, 5.74) is 17.5. The Hall–Kier alpha value is -7.82. The highest BCUT2D eigenvalue weighted by molar-refractivity contribution is 6.18. The van der Waals surface area contributed by atoms with Gasteiger partial charge in [-0.05, 0) is 129 Å². The molecule has 0 fully saturated rings. The number of nitrogens with one attached hydrogen (secondary N) is 2. The third-order valence-corrected chi connectivity index (χ3v) is 12.1. The Kier molecular flexibility index (Phi) is 6.41.